The fraction of sp³-hybridized carbons (Fsp3) is 0.500. The van der Waals surface area contributed by atoms with Crippen LogP contribution in [0.15, 0.2) is 30.6 Å². The van der Waals surface area contributed by atoms with Crippen LogP contribution in [0.4, 0.5) is 11.6 Å². The van der Waals surface area contributed by atoms with Crippen molar-refractivity contribution in [3.63, 3.8) is 0 Å². The summed E-state index contributed by atoms with van der Waals surface area (Å²) < 4.78 is 5.27. The molecular weight excluding hydrogens is 312 g/mol. The van der Waals surface area contributed by atoms with Crippen molar-refractivity contribution in [2.45, 2.75) is 34.1 Å². The molecule has 0 aliphatic heterocycles. The van der Waals surface area contributed by atoms with Crippen molar-refractivity contribution in [1.29, 1.82) is 0 Å². The Hall–Kier alpha value is -2.30. The van der Waals surface area contributed by atoms with Crippen molar-refractivity contribution in [3.05, 3.63) is 41.7 Å². The van der Waals surface area contributed by atoms with E-state index in [1.54, 1.807) is 13.4 Å². The van der Waals surface area contributed by atoms with Gasteiger partial charge in [-0.15, -0.1) is 0 Å². The van der Waals surface area contributed by atoms with Gasteiger partial charge < -0.3 is 14.5 Å². The van der Waals surface area contributed by atoms with E-state index < -0.39 is 0 Å². The standard InChI is InChI=1S/C20H30N4O/c1-6-23(7-2)19-18(14-16-10-12-17(25-5)13-11-16)20(22-15-21-19)24(8-3)9-4/h10-13,15H,6-9,14H2,1-5H3. The topological polar surface area (TPSA) is 41.5 Å². The molecule has 0 bridgehead atoms. The summed E-state index contributed by atoms with van der Waals surface area (Å²) in [6, 6.07) is 8.24. The van der Waals surface area contributed by atoms with E-state index in [2.05, 4.69) is 59.6 Å². The lowest BCUT2D eigenvalue weighted by molar-refractivity contribution is 0.414. The van der Waals surface area contributed by atoms with E-state index in [-0.39, 0.29) is 0 Å². The molecule has 0 saturated heterocycles. The van der Waals surface area contributed by atoms with Crippen LogP contribution in [0.5, 0.6) is 5.75 Å². The first-order chi connectivity index (χ1) is 12.2. The zero-order valence-electron chi connectivity index (χ0n) is 16.1. The minimum absolute atomic E-state index is 0.808. The summed E-state index contributed by atoms with van der Waals surface area (Å²) in [6.07, 6.45) is 2.50. The van der Waals surface area contributed by atoms with Gasteiger partial charge in [-0.3, -0.25) is 0 Å². The minimum atomic E-state index is 0.808. The van der Waals surface area contributed by atoms with Crippen LogP contribution in [0.25, 0.3) is 0 Å². The second kappa shape index (κ2) is 9.25. The molecule has 1 aromatic carbocycles. The Balaban J connectivity index is 2.49. The van der Waals surface area contributed by atoms with Crippen LogP contribution >= 0.6 is 0 Å². The van der Waals surface area contributed by atoms with Crippen LogP contribution in [0.3, 0.4) is 0 Å². The van der Waals surface area contributed by atoms with E-state index in [1.807, 2.05) is 12.1 Å². The lowest BCUT2D eigenvalue weighted by atomic mass is 10.0. The lowest BCUT2D eigenvalue weighted by Gasteiger charge is -2.28. The van der Waals surface area contributed by atoms with Gasteiger partial charge >= 0.3 is 0 Å². The summed E-state index contributed by atoms with van der Waals surface area (Å²) in [5, 5.41) is 0. The van der Waals surface area contributed by atoms with Gasteiger partial charge in [-0.05, 0) is 45.4 Å². The molecule has 0 radical (unpaired) electrons. The maximum absolute atomic E-state index is 5.27. The average molecular weight is 342 g/mol. The van der Waals surface area contributed by atoms with Gasteiger partial charge in [-0.1, -0.05) is 12.1 Å². The lowest BCUT2D eigenvalue weighted by Crippen LogP contribution is -2.29. The fourth-order valence-corrected chi connectivity index (χ4v) is 3.09. The number of benzene rings is 1. The summed E-state index contributed by atoms with van der Waals surface area (Å²) >= 11 is 0. The Morgan fingerprint density at radius 1 is 0.800 bits per heavy atom. The third-order valence-corrected chi connectivity index (χ3v) is 4.57. The molecule has 0 amide bonds. The number of hydrogen-bond donors (Lipinski definition) is 0. The number of nitrogens with zero attached hydrogens (tertiary/aromatic N) is 4. The highest BCUT2D eigenvalue weighted by molar-refractivity contribution is 5.61. The van der Waals surface area contributed by atoms with E-state index in [0.717, 1.165) is 50.0 Å². The quantitative estimate of drug-likeness (QED) is 0.694. The molecule has 0 saturated carbocycles. The summed E-state index contributed by atoms with van der Waals surface area (Å²) in [5.74, 6) is 2.96. The monoisotopic (exact) mass is 342 g/mol. The van der Waals surface area contributed by atoms with E-state index in [1.165, 1.54) is 11.1 Å². The molecule has 0 atom stereocenters. The first-order valence-electron chi connectivity index (χ1n) is 9.15. The number of methoxy groups -OCH3 is 1. The second-order valence-corrected chi connectivity index (χ2v) is 5.87. The van der Waals surface area contributed by atoms with Gasteiger partial charge in [-0.25, -0.2) is 9.97 Å². The van der Waals surface area contributed by atoms with Crippen LogP contribution in [0.2, 0.25) is 0 Å². The summed E-state index contributed by atoms with van der Waals surface area (Å²) in [6.45, 7) is 12.4. The fourth-order valence-electron chi connectivity index (χ4n) is 3.09. The maximum atomic E-state index is 5.27. The highest BCUT2D eigenvalue weighted by atomic mass is 16.5. The molecule has 5 heteroatoms. The van der Waals surface area contributed by atoms with Gasteiger partial charge in [0.2, 0.25) is 0 Å². The van der Waals surface area contributed by atoms with E-state index in [4.69, 9.17) is 4.74 Å². The second-order valence-electron chi connectivity index (χ2n) is 5.87. The van der Waals surface area contributed by atoms with Gasteiger partial charge in [0.05, 0.1) is 7.11 Å². The third kappa shape index (κ3) is 4.41. The Kier molecular flexibility index (Phi) is 7.04. The molecule has 2 rings (SSSR count). The van der Waals surface area contributed by atoms with Crippen LogP contribution in [-0.2, 0) is 6.42 Å². The van der Waals surface area contributed by atoms with Crippen molar-refractivity contribution in [2.75, 3.05) is 43.1 Å². The van der Waals surface area contributed by atoms with Crippen LogP contribution in [-0.4, -0.2) is 43.3 Å². The minimum Gasteiger partial charge on any atom is -0.497 e. The van der Waals surface area contributed by atoms with E-state index in [9.17, 15) is 0 Å². The molecule has 2 aromatic rings. The molecular formula is C20H30N4O. The van der Waals surface area contributed by atoms with Gasteiger partial charge in [0.15, 0.2) is 0 Å². The van der Waals surface area contributed by atoms with Crippen molar-refractivity contribution in [3.8, 4) is 5.75 Å². The van der Waals surface area contributed by atoms with Crippen molar-refractivity contribution in [2.24, 2.45) is 0 Å². The molecule has 1 aromatic heterocycles. The molecule has 25 heavy (non-hydrogen) atoms. The Morgan fingerprint density at radius 2 is 1.28 bits per heavy atom. The van der Waals surface area contributed by atoms with Gasteiger partial charge in [-0.2, -0.15) is 0 Å². The normalized spacial score (nSPS) is 10.6. The summed E-state index contributed by atoms with van der Waals surface area (Å²) in [4.78, 5) is 13.8. The summed E-state index contributed by atoms with van der Waals surface area (Å²) in [5.41, 5.74) is 2.43. The van der Waals surface area contributed by atoms with Crippen molar-refractivity contribution in [1.82, 2.24) is 9.97 Å². The molecule has 5 nitrogen and oxygen atoms in total. The van der Waals surface area contributed by atoms with Crippen LogP contribution in [0, 0.1) is 0 Å². The number of anilines is 2. The molecule has 0 fully saturated rings. The Labute approximate surface area is 151 Å². The SMILES string of the molecule is CCN(CC)c1ncnc(N(CC)CC)c1Cc1ccc(OC)cc1. The molecule has 0 unspecified atom stereocenters. The average Bonchev–Trinajstić information content (AvgIpc) is 2.66. The van der Waals surface area contributed by atoms with Crippen LogP contribution < -0.4 is 14.5 Å². The molecule has 136 valence electrons. The van der Waals surface area contributed by atoms with Crippen molar-refractivity contribution >= 4 is 11.6 Å². The zero-order valence-corrected chi connectivity index (χ0v) is 16.1. The van der Waals surface area contributed by atoms with Gasteiger partial charge in [0.25, 0.3) is 0 Å². The highest BCUT2D eigenvalue weighted by Crippen LogP contribution is 2.29. The number of hydrogen-bond acceptors (Lipinski definition) is 5. The highest BCUT2D eigenvalue weighted by Gasteiger charge is 2.19. The zero-order chi connectivity index (χ0) is 18.2. The molecule has 1 heterocycles. The molecule has 0 spiro atoms. The first-order valence-corrected chi connectivity index (χ1v) is 9.15. The largest absolute Gasteiger partial charge is 0.497 e. The number of ether oxygens (including phenoxy) is 1. The number of aromatic nitrogens is 2. The Morgan fingerprint density at radius 3 is 1.68 bits per heavy atom. The molecule has 0 aliphatic carbocycles. The van der Waals surface area contributed by atoms with Crippen molar-refractivity contribution < 1.29 is 4.74 Å². The van der Waals surface area contributed by atoms with Gasteiger partial charge in [0.1, 0.15) is 23.7 Å². The first kappa shape index (κ1) is 19.0. The van der Waals surface area contributed by atoms with Gasteiger partial charge in [0, 0.05) is 38.2 Å². The molecule has 0 N–H and O–H groups in total. The Bertz CT molecular complexity index is 619. The van der Waals surface area contributed by atoms with E-state index >= 15 is 0 Å². The summed E-state index contributed by atoms with van der Waals surface area (Å²) in [7, 11) is 1.69. The maximum Gasteiger partial charge on any atom is 0.137 e. The predicted octanol–water partition coefficient (Wildman–Crippen LogP) is 3.77. The smallest absolute Gasteiger partial charge is 0.137 e. The van der Waals surface area contributed by atoms with Crippen LogP contribution in [0.1, 0.15) is 38.8 Å². The third-order valence-electron chi connectivity index (χ3n) is 4.57. The number of rotatable bonds is 9. The molecule has 0 aliphatic rings. The predicted molar refractivity (Wildman–Crippen MR) is 105 cm³/mol. The van der Waals surface area contributed by atoms with E-state index in [0.29, 0.717) is 0 Å².